The monoisotopic (exact) mass is 424 g/mol. The highest BCUT2D eigenvalue weighted by atomic mass is 16.5. The molecule has 0 radical (unpaired) electrons. The lowest BCUT2D eigenvalue weighted by atomic mass is 10.2. The summed E-state index contributed by atoms with van der Waals surface area (Å²) in [6, 6.07) is 18.5. The Hall–Kier alpha value is -4.46. The molecule has 1 amide bonds. The van der Waals surface area contributed by atoms with Crippen LogP contribution < -0.4 is 10.1 Å². The first-order valence-corrected chi connectivity index (χ1v) is 10.1. The van der Waals surface area contributed by atoms with Crippen LogP contribution in [0.25, 0.3) is 11.5 Å². The van der Waals surface area contributed by atoms with Crippen LogP contribution in [0.2, 0.25) is 0 Å². The van der Waals surface area contributed by atoms with E-state index in [0.29, 0.717) is 30.3 Å². The van der Waals surface area contributed by atoms with Gasteiger partial charge in [-0.2, -0.15) is 5.10 Å². The van der Waals surface area contributed by atoms with Gasteiger partial charge in [0.05, 0.1) is 5.69 Å². The third-order valence-corrected chi connectivity index (χ3v) is 4.90. The van der Waals surface area contributed by atoms with Gasteiger partial charge in [0, 0.05) is 43.1 Å². The number of benzene rings is 1. The van der Waals surface area contributed by atoms with Gasteiger partial charge in [-0.25, -0.2) is 14.6 Å². The van der Waals surface area contributed by atoms with Crippen molar-refractivity contribution in [1.82, 2.24) is 29.5 Å². The average Bonchev–Trinajstić information content (AvgIpc) is 3.51. The number of aromatic nitrogens is 5. The van der Waals surface area contributed by atoms with E-state index in [4.69, 9.17) is 4.74 Å². The third kappa shape index (κ3) is 4.34. The number of ether oxygens (including phenoxy) is 1. The zero-order valence-electron chi connectivity index (χ0n) is 17.1. The molecule has 158 valence electrons. The number of hydrogen-bond acceptors (Lipinski definition) is 5. The highest BCUT2D eigenvalue weighted by molar-refractivity contribution is 5.94. The lowest BCUT2D eigenvalue weighted by molar-refractivity contribution is 0.0950. The summed E-state index contributed by atoms with van der Waals surface area (Å²) in [7, 11) is 0. The lowest BCUT2D eigenvalue weighted by Gasteiger charge is -2.09. The van der Waals surface area contributed by atoms with Gasteiger partial charge in [-0.1, -0.05) is 12.1 Å². The standard InChI is InChI=1S/C24H20N6O2/c31-24(26-15-18-8-10-25-23(13-18)30-12-4-9-27-30)19-5-3-6-21(14-19)32-17-20-16-29-11-2-1-7-22(29)28-20/h1-14,16H,15,17H2,(H,26,31). The van der Waals surface area contributed by atoms with E-state index < -0.39 is 0 Å². The lowest BCUT2D eigenvalue weighted by Crippen LogP contribution is -2.23. The van der Waals surface area contributed by atoms with Gasteiger partial charge in [0.15, 0.2) is 5.82 Å². The molecule has 4 heterocycles. The van der Waals surface area contributed by atoms with Gasteiger partial charge in [0.1, 0.15) is 18.0 Å². The Balaban J connectivity index is 1.21. The molecule has 1 N–H and O–H groups in total. The minimum absolute atomic E-state index is 0.180. The van der Waals surface area contributed by atoms with E-state index in [1.165, 1.54) is 0 Å². The van der Waals surface area contributed by atoms with Crippen molar-refractivity contribution in [3.05, 3.63) is 108 Å². The van der Waals surface area contributed by atoms with Crippen LogP contribution >= 0.6 is 0 Å². The van der Waals surface area contributed by atoms with Crippen LogP contribution in [0.5, 0.6) is 5.75 Å². The van der Waals surface area contributed by atoms with Crippen molar-refractivity contribution < 1.29 is 9.53 Å². The van der Waals surface area contributed by atoms with Crippen LogP contribution in [0.1, 0.15) is 21.6 Å². The van der Waals surface area contributed by atoms with E-state index in [2.05, 4.69) is 20.4 Å². The molecule has 0 atom stereocenters. The number of hydrogen-bond donors (Lipinski definition) is 1. The number of imidazole rings is 1. The fraction of sp³-hybridized carbons (Fsp3) is 0.0833. The minimum Gasteiger partial charge on any atom is -0.487 e. The Morgan fingerprint density at radius 2 is 1.97 bits per heavy atom. The van der Waals surface area contributed by atoms with Crippen LogP contribution in [-0.4, -0.2) is 30.1 Å². The highest BCUT2D eigenvalue weighted by Gasteiger charge is 2.09. The number of nitrogens with zero attached hydrogens (tertiary/aromatic N) is 5. The SMILES string of the molecule is O=C(NCc1ccnc(-n2cccn2)c1)c1cccc(OCc2cn3ccccc3n2)c1. The first-order chi connectivity index (χ1) is 15.7. The summed E-state index contributed by atoms with van der Waals surface area (Å²) in [5.41, 5.74) is 3.14. The van der Waals surface area contributed by atoms with Crippen molar-refractivity contribution >= 4 is 11.6 Å². The van der Waals surface area contributed by atoms with E-state index in [9.17, 15) is 4.79 Å². The number of amides is 1. The topological polar surface area (TPSA) is 86.3 Å². The second-order valence-corrected chi connectivity index (χ2v) is 7.17. The molecule has 0 saturated carbocycles. The fourth-order valence-electron chi connectivity index (χ4n) is 3.33. The van der Waals surface area contributed by atoms with Gasteiger partial charge >= 0.3 is 0 Å². The van der Waals surface area contributed by atoms with E-state index in [-0.39, 0.29) is 5.91 Å². The van der Waals surface area contributed by atoms with Gasteiger partial charge in [-0.15, -0.1) is 0 Å². The zero-order chi connectivity index (χ0) is 21.8. The number of carbonyl (C=O) groups excluding carboxylic acids is 1. The molecule has 0 aliphatic heterocycles. The summed E-state index contributed by atoms with van der Waals surface area (Å²) < 4.78 is 9.48. The number of fused-ring (bicyclic) bond motifs is 1. The largest absolute Gasteiger partial charge is 0.487 e. The first-order valence-electron chi connectivity index (χ1n) is 10.1. The molecule has 0 aliphatic rings. The van der Waals surface area contributed by atoms with Crippen LogP contribution in [0.4, 0.5) is 0 Å². The maximum Gasteiger partial charge on any atom is 0.251 e. The van der Waals surface area contributed by atoms with Crippen molar-refractivity contribution in [3.8, 4) is 11.6 Å². The maximum atomic E-state index is 12.7. The summed E-state index contributed by atoms with van der Waals surface area (Å²) in [6.45, 7) is 0.696. The highest BCUT2D eigenvalue weighted by Crippen LogP contribution is 2.16. The predicted octanol–water partition coefficient (Wildman–Crippen LogP) is 3.42. The fourth-order valence-corrected chi connectivity index (χ4v) is 3.33. The molecule has 0 aliphatic carbocycles. The van der Waals surface area contributed by atoms with Crippen molar-refractivity contribution in [2.45, 2.75) is 13.2 Å². The molecule has 0 saturated heterocycles. The molecule has 8 nitrogen and oxygen atoms in total. The van der Waals surface area contributed by atoms with Crippen molar-refractivity contribution in [1.29, 1.82) is 0 Å². The summed E-state index contributed by atoms with van der Waals surface area (Å²) in [5.74, 6) is 1.13. The van der Waals surface area contributed by atoms with Crippen LogP contribution in [0.15, 0.2) is 91.6 Å². The second-order valence-electron chi connectivity index (χ2n) is 7.17. The van der Waals surface area contributed by atoms with Gasteiger partial charge in [0.2, 0.25) is 0 Å². The van der Waals surface area contributed by atoms with Gasteiger partial charge in [-0.05, 0) is 54.1 Å². The number of carbonyl (C=O) groups is 1. The summed E-state index contributed by atoms with van der Waals surface area (Å²) >= 11 is 0. The third-order valence-electron chi connectivity index (χ3n) is 4.90. The molecular formula is C24H20N6O2. The molecule has 32 heavy (non-hydrogen) atoms. The summed E-state index contributed by atoms with van der Waals surface area (Å²) in [6.07, 6.45) is 9.09. The molecule has 8 heteroatoms. The maximum absolute atomic E-state index is 12.7. The van der Waals surface area contributed by atoms with Crippen molar-refractivity contribution in [3.63, 3.8) is 0 Å². The Kier molecular flexibility index (Phi) is 5.32. The Bertz CT molecular complexity index is 1330. The average molecular weight is 424 g/mol. The Labute approximate surface area is 184 Å². The van der Waals surface area contributed by atoms with E-state index in [1.807, 2.05) is 65.5 Å². The summed E-state index contributed by atoms with van der Waals surface area (Å²) in [5, 5.41) is 7.12. The van der Waals surface area contributed by atoms with E-state index in [1.54, 1.807) is 35.3 Å². The quantitative estimate of drug-likeness (QED) is 0.433. The Morgan fingerprint density at radius 1 is 1.00 bits per heavy atom. The molecule has 0 bridgehead atoms. The molecule has 0 spiro atoms. The number of nitrogens with one attached hydrogen (secondary N) is 1. The van der Waals surface area contributed by atoms with Gasteiger partial charge < -0.3 is 14.5 Å². The van der Waals surface area contributed by atoms with E-state index >= 15 is 0 Å². The Morgan fingerprint density at radius 3 is 2.84 bits per heavy atom. The normalized spacial score (nSPS) is 10.9. The minimum atomic E-state index is -0.180. The molecule has 5 aromatic rings. The van der Waals surface area contributed by atoms with Crippen LogP contribution in [0, 0.1) is 0 Å². The van der Waals surface area contributed by atoms with Crippen molar-refractivity contribution in [2.75, 3.05) is 0 Å². The summed E-state index contributed by atoms with van der Waals surface area (Å²) in [4.78, 5) is 21.5. The number of rotatable bonds is 7. The molecular weight excluding hydrogens is 404 g/mol. The number of pyridine rings is 2. The second kappa shape index (κ2) is 8.73. The molecule has 5 rings (SSSR count). The van der Waals surface area contributed by atoms with Gasteiger partial charge in [0.25, 0.3) is 5.91 Å². The smallest absolute Gasteiger partial charge is 0.251 e. The molecule has 0 fully saturated rings. The van der Waals surface area contributed by atoms with Crippen LogP contribution in [0.3, 0.4) is 0 Å². The first kappa shape index (κ1) is 19.5. The van der Waals surface area contributed by atoms with Crippen molar-refractivity contribution in [2.24, 2.45) is 0 Å². The molecule has 0 unspecified atom stereocenters. The van der Waals surface area contributed by atoms with Crippen LogP contribution in [-0.2, 0) is 13.2 Å². The molecule has 4 aromatic heterocycles. The predicted molar refractivity (Wildman–Crippen MR) is 118 cm³/mol. The molecule has 1 aromatic carbocycles. The van der Waals surface area contributed by atoms with Gasteiger partial charge in [-0.3, -0.25) is 4.79 Å². The zero-order valence-corrected chi connectivity index (χ0v) is 17.1. The van der Waals surface area contributed by atoms with E-state index in [0.717, 1.165) is 16.9 Å².